The zero-order valence-electron chi connectivity index (χ0n) is 18.8. The molecule has 0 saturated carbocycles. The molecule has 1 atom stereocenters. The van der Waals surface area contributed by atoms with Crippen molar-refractivity contribution in [2.75, 3.05) is 40.5 Å². The van der Waals surface area contributed by atoms with E-state index in [0.29, 0.717) is 48.3 Å². The largest absolute Gasteiger partial charge is 0.493 e. The summed E-state index contributed by atoms with van der Waals surface area (Å²) < 4.78 is 22.4. The van der Waals surface area contributed by atoms with Crippen LogP contribution in [0, 0.1) is 0 Å². The first-order valence-electron chi connectivity index (χ1n) is 10.6. The van der Waals surface area contributed by atoms with E-state index in [-0.39, 0.29) is 25.5 Å². The van der Waals surface area contributed by atoms with Crippen molar-refractivity contribution >= 4 is 23.4 Å². The number of aryl methyl sites for hydroxylation is 1. The molecule has 2 N–H and O–H groups in total. The van der Waals surface area contributed by atoms with E-state index in [1.807, 2.05) is 18.2 Å². The number of hydrogen-bond donors (Lipinski definition) is 1. The van der Waals surface area contributed by atoms with Crippen molar-refractivity contribution < 1.29 is 28.5 Å². The second kappa shape index (κ2) is 11.2. The third-order valence-electron chi connectivity index (χ3n) is 5.49. The van der Waals surface area contributed by atoms with Crippen LogP contribution in [0.1, 0.15) is 18.4 Å². The van der Waals surface area contributed by atoms with E-state index >= 15 is 0 Å². The number of morpholine rings is 1. The number of methoxy groups -OCH3 is 2. The van der Waals surface area contributed by atoms with E-state index in [4.69, 9.17) is 36.3 Å². The number of rotatable bonds is 10. The molecule has 1 saturated heterocycles. The zero-order valence-corrected chi connectivity index (χ0v) is 19.6. The lowest BCUT2D eigenvalue weighted by molar-refractivity contribution is -0.161. The van der Waals surface area contributed by atoms with Crippen LogP contribution in [-0.2, 0) is 20.7 Å². The lowest BCUT2D eigenvalue weighted by Gasteiger charge is -2.42. The van der Waals surface area contributed by atoms with Gasteiger partial charge in [-0.2, -0.15) is 0 Å². The molecule has 0 aliphatic carbocycles. The smallest absolute Gasteiger partial charge is 0.223 e. The molecule has 178 valence electrons. The van der Waals surface area contributed by atoms with Crippen LogP contribution < -0.4 is 19.9 Å². The van der Waals surface area contributed by atoms with Crippen molar-refractivity contribution in [2.45, 2.75) is 24.9 Å². The fourth-order valence-electron chi connectivity index (χ4n) is 3.81. The van der Waals surface area contributed by atoms with Gasteiger partial charge in [0, 0.05) is 18.0 Å². The fourth-order valence-corrected chi connectivity index (χ4v) is 3.94. The number of primary amides is 1. The molecule has 1 aliphatic rings. The number of nitrogens with two attached hydrogens (primary N) is 1. The van der Waals surface area contributed by atoms with E-state index in [1.54, 1.807) is 43.4 Å². The van der Waals surface area contributed by atoms with Crippen molar-refractivity contribution in [1.29, 1.82) is 0 Å². The molecule has 2 aromatic rings. The predicted octanol–water partition coefficient (Wildman–Crippen LogP) is 2.84. The highest BCUT2D eigenvalue weighted by atomic mass is 35.5. The highest BCUT2D eigenvalue weighted by Gasteiger charge is 2.40. The van der Waals surface area contributed by atoms with Crippen LogP contribution in [0.5, 0.6) is 17.2 Å². The zero-order chi connectivity index (χ0) is 23.8. The summed E-state index contributed by atoms with van der Waals surface area (Å²) in [5, 5.41) is 0.592. The molecular formula is C24H29ClN2O6. The first kappa shape index (κ1) is 24.7. The molecule has 33 heavy (non-hydrogen) atoms. The maximum Gasteiger partial charge on any atom is 0.223 e. The van der Waals surface area contributed by atoms with Crippen LogP contribution in [0.4, 0.5) is 0 Å². The Morgan fingerprint density at radius 1 is 1.12 bits per heavy atom. The van der Waals surface area contributed by atoms with E-state index in [1.165, 1.54) is 0 Å². The van der Waals surface area contributed by atoms with E-state index in [9.17, 15) is 9.59 Å². The summed E-state index contributed by atoms with van der Waals surface area (Å²) >= 11 is 5.92. The minimum absolute atomic E-state index is 0.0339. The summed E-state index contributed by atoms with van der Waals surface area (Å²) in [5.74, 6) is 1.29. The third kappa shape index (κ3) is 6.76. The van der Waals surface area contributed by atoms with E-state index in [2.05, 4.69) is 0 Å². The Hall–Kier alpha value is -2.97. The molecule has 0 aromatic heterocycles. The van der Waals surface area contributed by atoms with Crippen LogP contribution in [-0.4, -0.2) is 62.8 Å². The molecule has 0 spiro atoms. The first-order chi connectivity index (χ1) is 15.8. The van der Waals surface area contributed by atoms with Crippen molar-refractivity contribution in [3.05, 3.63) is 53.1 Å². The van der Waals surface area contributed by atoms with Gasteiger partial charge in [-0.3, -0.25) is 9.59 Å². The molecule has 0 unspecified atom stereocenters. The van der Waals surface area contributed by atoms with Crippen molar-refractivity contribution in [2.24, 2.45) is 5.73 Å². The SMILES string of the molecule is COc1ccc(CCC(=O)N2CCO[C@@](COc3ccc(Cl)cc3)(CC(N)=O)C2)cc1OC. The van der Waals surface area contributed by atoms with E-state index < -0.39 is 11.5 Å². The Labute approximate surface area is 198 Å². The third-order valence-corrected chi connectivity index (χ3v) is 5.74. The van der Waals surface area contributed by atoms with Crippen LogP contribution in [0.25, 0.3) is 0 Å². The van der Waals surface area contributed by atoms with Gasteiger partial charge in [0.2, 0.25) is 11.8 Å². The topological polar surface area (TPSA) is 100 Å². The maximum absolute atomic E-state index is 13.0. The molecule has 2 aromatic carbocycles. The number of hydrogen-bond acceptors (Lipinski definition) is 6. The van der Waals surface area contributed by atoms with Gasteiger partial charge in [-0.1, -0.05) is 17.7 Å². The van der Waals surface area contributed by atoms with Crippen LogP contribution in [0.3, 0.4) is 0 Å². The number of nitrogens with zero attached hydrogens (tertiary/aromatic N) is 1. The summed E-state index contributed by atoms with van der Waals surface area (Å²) in [6, 6.07) is 12.5. The van der Waals surface area contributed by atoms with Crippen LogP contribution >= 0.6 is 11.6 Å². The Morgan fingerprint density at radius 2 is 1.85 bits per heavy atom. The van der Waals surface area contributed by atoms with Gasteiger partial charge in [-0.05, 0) is 48.4 Å². The quantitative estimate of drug-likeness (QED) is 0.566. The predicted molar refractivity (Wildman–Crippen MR) is 124 cm³/mol. The van der Waals surface area contributed by atoms with Crippen molar-refractivity contribution in [3.63, 3.8) is 0 Å². The molecule has 1 fully saturated rings. The lowest BCUT2D eigenvalue weighted by atomic mass is 9.97. The summed E-state index contributed by atoms with van der Waals surface area (Å²) in [7, 11) is 3.15. The van der Waals surface area contributed by atoms with Crippen molar-refractivity contribution in [3.8, 4) is 17.2 Å². The van der Waals surface area contributed by atoms with Crippen LogP contribution in [0.15, 0.2) is 42.5 Å². The van der Waals surface area contributed by atoms with Gasteiger partial charge in [0.25, 0.3) is 0 Å². The number of carbonyl (C=O) groups excluding carboxylic acids is 2. The minimum Gasteiger partial charge on any atom is -0.493 e. The monoisotopic (exact) mass is 476 g/mol. The second-order valence-corrected chi connectivity index (χ2v) is 8.36. The van der Waals surface area contributed by atoms with Gasteiger partial charge in [-0.25, -0.2) is 0 Å². The summed E-state index contributed by atoms with van der Waals surface area (Å²) in [6.07, 6.45) is 0.793. The lowest BCUT2D eigenvalue weighted by Crippen LogP contribution is -2.58. The van der Waals surface area contributed by atoms with Gasteiger partial charge < -0.3 is 29.6 Å². The molecule has 2 amide bonds. The molecule has 8 nitrogen and oxygen atoms in total. The average Bonchev–Trinajstić information content (AvgIpc) is 2.81. The average molecular weight is 477 g/mol. The highest BCUT2D eigenvalue weighted by Crippen LogP contribution is 2.29. The Morgan fingerprint density at radius 3 is 2.52 bits per heavy atom. The molecule has 1 heterocycles. The van der Waals surface area contributed by atoms with E-state index in [0.717, 1.165) is 5.56 Å². The van der Waals surface area contributed by atoms with Gasteiger partial charge in [-0.15, -0.1) is 0 Å². The van der Waals surface area contributed by atoms with Crippen LogP contribution in [0.2, 0.25) is 5.02 Å². The number of amides is 2. The standard InChI is InChI=1S/C24H29ClN2O6/c1-30-20-9-3-17(13-21(20)31-2)4-10-23(29)27-11-12-33-24(15-27,14-22(26)28)16-32-19-7-5-18(25)6-8-19/h3,5-9,13H,4,10-12,14-16H2,1-2H3,(H2,26,28)/t24-/m0/s1. The fraction of sp³-hybridized carbons (Fsp3) is 0.417. The molecule has 0 radical (unpaired) electrons. The van der Waals surface area contributed by atoms with Crippen molar-refractivity contribution in [1.82, 2.24) is 4.90 Å². The normalized spacial score (nSPS) is 18.0. The first-order valence-corrected chi connectivity index (χ1v) is 11.0. The number of benzene rings is 2. The van der Waals surface area contributed by atoms with Gasteiger partial charge in [0.15, 0.2) is 11.5 Å². The maximum atomic E-state index is 13.0. The Balaban J connectivity index is 1.64. The van der Waals surface area contributed by atoms with Gasteiger partial charge in [0.05, 0.1) is 33.8 Å². The molecule has 0 bridgehead atoms. The number of carbonyl (C=O) groups is 2. The molecule has 9 heteroatoms. The number of ether oxygens (including phenoxy) is 4. The summed E-state index contributed by atoms with van der Waals surface area (Å²) in [5.41, 5.74) is 5.44. The summed E-state index contributed by atoms with van der Waals surface area (Å²) in [6.45, 7) is 1.02. The Kier molecular flexibility index (Phi) is 8.41. The Bertz CT molecular complexity index is 968. The highest BCUT2D eigenvalue weighted by molar-refractivity contribution is 6.30. The van der Waals surface area contributed by atoms with Gasteiger partial charge in [0.1, 0.15) is 18.0 Å². The minimum atomic E-state index is -1.01. The number of halogens is 1. The molecule has 3 rings (SSSR count). The second-order valence-electron chi connectivity index (χ2n) is 7.92. The molecule has 1 aliphatic heterocycles. The molecular weight excluding hydrogens is 448 g/mol. The summed E-state index contributed by atoms with van der Waals surface area (Å²) in [4.78, 5) is 26.5. The van der Waals surface area contributed by atoms with Gasteiger partial charge >= 0.3 is 0 Å².